The van der Waals surface area contributed by atoms with Gasteiger partial charge in [0.05, 0.1) is 25.3 Å². The lowest BCUT2D eigenvalue weighted by Gasteiger charge is -2.16. The van der Waals surface area contributed by atoms with E-state index in [1.807, 2.05) is 13.0 Å². The Kier molecular flexibility index (Phi) is 4.21. The third kappa shape index (κ3) is 2.49. The molecule has 0 aromatic heterocycles. The molecule has 88 valence electrons. The molecule has 0 saturated carbocycles. The summed E-state index contributed by atoms with van der Waals surface area (Å²) in [4.78, 5) is 0. The minimum atomic E-state index is -0.252. The van der Waals surface area contributed by atoms with Crippen molar-refractivity contribution in [1.82, 2.24) is 0 Å². The van der Waals surface area contributed by atoms with Gasteiger partial charge in [-0.1, -0.05) is 23.8 Å². The van der Waals surface area contributed by atoms with E-state index in [1.54, 1.807) is 20.3 Å². The van der Waals surface area contributed by atoms with E-state index in [-0.39, 0.29) is 6.04 Å². The molecule has 0 amide bonds. The fourth-order valence-corrected chi connectivity index (χ4v) is 1.70. The topological polar surface area (TPSA) is 44.5 Å². The average Bonchev–Trinajstić information content (AvgIpc) is 2.26. The number of hydrogen-bond acceptors (Lipinski definition) is 3. The summed E-state index contributed by atoms with van der Waals surface area (Å²) < 4.78 is 10.3. The van der Waals surface area contributed by atoms with Gasteiger partial charge in [-0.3, -0.25) is 0 Å². The highest BCUT2D eigenvalue weighted by Crippen LogP contribution is 2.38. The number of nitrogens with two attached hydrogens (primary N) is 1. The van der Waals surface area contributed by atoms with Crippen LogP contribution in [-0.2, 0) is 0 Å². The maximum absolute atomic E-state index is 6.07. The Balaban J connectivity index is 3.25. The highest BCUT2D eigenvalue weighted by Gasteiger charge is 2.14. The molecule has 0 fully saturated rings. The van der Waals surface area contributed by atoms with Gasteiger partial charge in [0.1, 0.15) is 0 Å². The lowest BCUT2D eigenvalue weighted by atomic mass is 10.0. The highest BCUT2D eigenvalue weighted by atomic mass is 35.5. The van der Waals surface area contributed by atoms with Crippen molar-refractivity contribution in [2.75, 3.05) is 14.2 Å². The van der Waals surface area contributed by atoms with Gasteiger partial charge >= 0.3 is 0 Å². The fraction of sp³-hybridized carbons (Fsp3) is 0.333. The van der Waals surface area contributed by atoms with E-state index in [1.165, 1.54) is 0 Å². The van der Waals surface area contributed by atoms with Crippen LogP contribution in [-0.4, -0.2) is 14.2 Å². The summed E-state index contributed by atoms with van der Waals surface area (Å²) >= 11 is 6.07. The standard InChI is InChI=1S/C12H16ClNO2/c1-7(2)11(14)8-5-9(13)12(16-4)10(6-8)15-3/h5-6,11H,1,14H2,2-4H3. The van der Waals surface area contributed by atoms with Crippen LogP contribution >= 0.6 is 11.6 Å². The molecule has 0 aliphatic carbocycles. The Morgan fingerprint density at radius 2 is 2.00 bits per heavy atom. The molecule has 3 nitrogen and oxygen atoms in total. The minimum absolute atomic E-state index is 0.252. The lowest BCUT2D eigenvalue weighted by Crippen LogP contribution is -2.11. The summed E-state index contributed by atoms with van der Waals surface area (Å²) in [7, 11) is 3.10. The second-order valence-corrected chi connectivity index (χ2v) is 3.97. The summed E-state index contributed by atoms with van der Waals surface area (Å²) in [6.07, 6.45) is 0. The van der Waals surface area contributed by atoms with Gasteiger partial charge in [-0.25, -0.2) is 0 Å². The number of hydrogen-bond donors (Lipinski definition) is 1. The third-order valence-corrected chi connectivity index (χ3v) is 2.63. The van der Waals surface area contributed by atoms with E-state index in [4.69, 9.17) is 26.8 Å². The van der Waals surface area contributed by atoms with Crippen LogP contribution in [0.5, 0.6) is 11.5 Å². The van der Waals surface area contributed by atoms with Gasteiger partial charge in [0, 0.05) is 0 Å². The van der Waals surface area contributed by atoms with Crippen LogP contribution in [0.25, 0.3) is 0 Å². The SMILES string of the molecule is C=C(C)C(N)c1cc(Cl)c(OC)c(OC)c1. The summed E-state index contributed by atoms with van der Waals surface area (Å²) in [5.74, 6) is 1.09. The van der Waals surface area contributed by atoms with Crippen molar-refractivity contribution in [1.29, 1.82) is 0 Å². The summed E-state index contributed by atoms with van der Waals surface area (Å²) in [6.45, 7) is 5.69. The minimum Gasteiger partial charge on any atom is -0.493 e. The van der Waals surface area contributed by atoms with Crippen LogP contribution in [0.15, 0.2) is 24.3 Å². The largest absolute Gasteiger partial charge is 0.493 e. The molecule has 1 rings (SSSR count). The molecular formula is C12H16ClNO2. The molecule has 0 bridgehead atoms. The first-order valence-electron chi connectivity index (χ1n) is 4.83. The first-order chi connectivity index (χ1) is 7.51. The van der Waals surface area contributed by atoms with Gasteiger partial charge in [0.25, 0.3) is 0 Å². The quantitative estimate of drug-likeness (QED) is 0.825. The van der Waals surface area contributed by atoms with Crippen LogP contribution in [0.1, 0.15) is 18.5 Å². The van der Waals surface area contributed by atoms with E-state index >= 15 is 0 Å². The van der Waals surface area contributed by atoms with Crippen molar-refractivity contribution in [3.05, 3.63) is 34.9 Å². The van der Waals surface area contributed by atoms with E-state index < -0.39 is 0 Å². The predicted octanol–water partition coefficient (Wildman–Crippen LogP) is 2.93. The van der Waals surface area contributed by atoms with Crippen molar-refractivity contribution in [2.45, 2.75) is 13.0 Å². The van der Waals surface area contributed by atoms with Crippen LogP contribution < -0.4 is 15.2 Å². The Bertz CT molecular complexity index is 404. The van der Waals surface area contributed by atoms with E-state index in [2.05, 4.69) is 6.58 Å². The van der Waals surface area contributed by atoms with Crippen molar-refractivity contribution in [3.63, 3.8) is 0 Å². The molecule has 1 aromatic rings. The molecule has 1 atom stereocenters. The smallest absolute Gasteiger partial charge is 0.179 e. The second kappa shape index (κ2) is 5.23. The summed E-state index contributed by atoms with van der Waals surface area (Å²) in [6, 6.07) is 3.32. The van der Waals surface area contributed by atoms with Gasteiger partial charge in [-0.05, 0) is 24.6 Å². The molecule has 0 saturated heterocycles. The van der Waals surface area contributed by atoms with Crippen molar-refractivity contribution < 1.29 is 9.47 Å². The normalized spacial score (nSPS) is 12.1. The maximum atomic E-state index is 6.07. The monoisotopic (exact) mass is 241 g/mol. The molecule has 0 aliphatic heterocycles. The summed E-state index contributed by atoms with van der Waals surface area (Å²) in [5, 5.41) is 0.480. The van der Waals surface area contributed by atoms with Crippen LogP contribution in [0.3, 0.4) is 0 Å². The third-order valence-electron chi connectivity index (χ3n) is 2.35. The zero-order valence-electron chi connectivity index (χ0n) is 9.71. The number of benzene rings is 1. The molecule has 1 unspecified atom stereocenters. The Hall–Kier alpha value is -1.19. The number of rotatable bonds is 4. The number of halogens is 1. The van der Waals surface area contributed by atoms with Crippen LogP contribution in [0, 0.1) is 0 Å². The highest BCUT2D eigenvalue weighted by molar-refractivity contribution is 6.32. The van der Waals surface area contributed by atoms with Gasteiger partial charge in [0.2, 0.25) is 0 Å². The molecule has 0 heterocycles. The van der Waals surface area contributed by atoms with Gasteiger partial charge in [-0.15, -0.1) is 0 Å². The Morgan fingerprint density at radius 3 is 2.44 bits per heavy atom. The van der Waals surface area contributed by atoms with Crippen LogP contribution in [0.4, 0.5) is 0 Å². The van der Waals surface area contributed by atoms with Gasteiger partial charge < -0.3 is 15.2 Å². The predicted molar refractivity (Wildman–Crippen MR) is 66.3 cm³/mol. The Morgan fingerprint density at radius 1 is 1.38 bits per heavy atom. The van der Waals surface area contributed by atoms with E-state index in [0.717, 1.165) is 11.1 Å². The molecule has 2 N–H and O–H groups in total. The first-order valence-corrected chi connectivity index (χ1v) is 5.21. The maximum Gasteiger partial charge on any atom is 0.179 e. The van der Waals surface area contributed by atoms with Crippen LogP contribution in [0.2, 0.25) is 5.02 Å². The van der Waals surface area contributed by atoms with Gasteiger partial charge in [-0.2, -0.15) is 0 Å². The van der Waals surface area contributed by atoms with Crippen molar-refractivity contribution in [2.24, 2.45) is 5.73 Å². The van der Waals surface area contributed by atoms with Gasteiger partial charge in [0.15, 0.2) is 11.5 Å². The lowest BCUT2D eigenvalue weighted by molar-refractivity contribution is 0.354. The van der Waals surface area contributed by atoms with Crippen molar-refractivity contribution >= 4 is 11.6 Å². The molecule has 16 heavy (non-hydrogen) atoms. The summed E-state index contributed by atoms with van der Waals surface area (Å²) in [5.41, 5.74) is 7.69. The number of methoxy groups -OCH3 is 2. The molecule has 0 aliphatic rings. The molecule has 0 spiro atoms. The Labute approximate surface area is 101 Å². The van der Waals surface area contributed by atoms with Crippen molar-refractivity contribution in [3.8, 4) is 11.5 Å². The van der Waals surface area contributed by atoms with E-state index in [0.29, 0.717) is 16.5 Å². The molecule has 4 heteroatoms. The molecular weight excluding hydrogens is 226 g/mol. The zero-order chi connectivity index (χ0) is 12.3. The molecule has 1 aromatic carbocycles. The van der Waals surface area contributed by atoms with E-state index in [9.17, 15) is 0 Å². The second-order valence-electron chi connectivity index (χ2n) is 3.56. The zero-order valence-corrected chi connectivity index (χ0v) is 10.5. The fourth-order valence-electron chi connectivity index (χ4n) is 1.40. The average molecular weight is 242 g/mol. The molecule has 0 radical (unpaired) electrons. The first kappa shape index (κ1) is 12.9. The number of ether oxygens (including phenoxy) is 2.